The molecule has 0 saturated heterocycles. The van der Waals surface area contributed by atoms with Crippen molar-refractivity contribution < 1.29 is 13.7 Å². The molecular weight excluding hydrogens is 204 g/mol. The number of aromatic nitrogens is 1. The SMILES string of the molecule is Cc1cnc(OCP(C)(C)=O)c(F)c1. The summed E-state index contributed by atoms with van der Waals surface area (Å²) in [6.45, 7) is 4.91. The van der Waals surface area contributed by atoms with Crippen LogP contribution >= 0.6 is 7.14 Å². The maximum absolute atomic E-state index is 13.1. The molecule has 1 heterocycles. The average Bonchev–Trinajstić information content (AvgIpc) is 2.00. The highest BCUT2D eigenvalue weighted by molar-refractivity contribution is 7.62. The quantitative estimate of drug-likeness (QED) is 0.730. The summed E-state index contributed by atoms with van der Waals surface area (Å²) in [4.78, 5) is 3.76. The largest absolute Gasteiger partial charge is 0.468 e. The van der Waals surface area contributed by atoms with Gasteiger partial charge in [0, 0.05) is 6.20 Å². The van der Waals surface area contributed by atoms with Gasteiger partial charge in [0.25, 0.3) is 5.88 Å². The second-order valence-corrected chi connectivity index (χ2v) is 7.05. The lowest BCUT2D eigenvalue weighted by Gasteiger charge is -2.09. The van der Waals surface area contributed by atoms with Crippen molar-refractivity contribution >= 4 is 7.14 Å². The summed E-state index contributed by atoms with van der Waals surface area (Å²) in [5, 5.41) is 0. The van der Waals surface area contributed by atoms with Gasteiger partial charge in [0.05, 0.1) is 0 Å². The van der Waals surface area contributed by atoms with E-state index in [4.69, 9.17) is 4.74 Å². The Morgan fingerprint density at radius 1 is 1.57 bits per heavy atom. The number of ether oxygens (including phenoxy) is 1. The molecule has 1 rings (SSSR count). The Morgan fingerprint density at radius 2 is 2.21 bits per heavy atom. The lowest BCUT2D eigenvalue weighted by atomic mass is 10.3. The molecule has 0 fully saturated rings. The molecular formula is C9H13FNO2P. The van der Waals surface area contributed by atoms with Crippen molar-refractivity contribution in [3.8, 4) is 5.88 Å². The van der Waals surface area contributed by atoms with Gasteiger partial charge in [0.15, 0.2) is 5.82 Å². The normalized spacial score (nSPS) is 11.4. The number of halogens is 1. The van der Waals surface area contributed by atoms with Crippen LogP contribution in [0.4, 0.5) is 4.39 Å². The molecule has 1 aromatic heterocycles. The monoisotopic (exact) mass is 217 g/mol. The van der Waals surface area contributed by atoms with Gasteiger partial charge < -0.3 is 9.30 Å². The highest BCUT2D eigenvalue weighted by Crippen LogP contribution is 2.35. The molecule has 0 radical (unpaired) electrons. The number of nitrogens with zero attached hydrogens (tertiary/aromatic N) is 1. The Kier molecular flexibility index (Phi) is 3.27. The lowest BCUT2D eigenvalue weighted by Crippen LogP contribution is -2.01. The maximum Gasteiger partial charge on any atom is 0.250 e. The van der Waals surface area contributed by atoms with Crippen LogP contribution in [0, 0.1) is 12.7 Å². The van der Waals surface area contributed by atoms with Gasteiger partial charge >= 0.3 is 0 Å². The van der Waals surface area contributed by atoms with Gasteiger partial charge in [0.1, 0.15) is 13.5 Å². The summed E-state index contributed by atoms with van der Waals surface area (Å²) in [6.07, 6.45) is 1.52. The standard InChI is InChI=1S/C9H13FNO2P/c1-7-4-8(10)9(11-5-7)13-6-14(2,3)12/h4-5H,6H2,1-3H3. The van der Waals surface area contributed by atoms with E-state index in [1.165, 1.54) is 12.3 Å². The van der Waals surface area contributed by atoms with E-state index < -0.39 is 13.0 Å². The molecule has 0 aromatic carbocycles. The molecule has 0 aliphatic carbocycles. The molecule has 0 bridgehead atoms. The Hall–Kier alpha value is -0.890. The minimum Gasteiger partial charge on any atom is -0.468 e. The Morgan fingerprint density at radius 3 is 2.71 bits per heavy atom. The van der Waals surface area contributed by atoms with Crippen LogP contribution in [0.5, 0.6) is 5.88 Å². The fourth-order valence-corrected chi connectivity index (χ4v) is 1.28. The number of hydrogen-bond donors (Lipinski definition) is 0. The molecule has 3 nitrogen and oxygen atoms in total. The van der Waals surface area contributed by atoms with E-state index in [1.54, 1.807) is 20.3 Å². The predicted molar refractivity (Wildman–Crippen MR) is 53.9 cm³/mol. The van der Waals surface area contributed by atoms with E-state index in [-0.39, 0.29) is 12.2 Å². The molecule has 0 N–H and O–H groups in total. The lowest BCUT2D eigenvalue weighted by molar-refractivity contribution is 0.340. The highest BCUT2D eigenvalue weighted by Gasteiger charge is 2.11. The third-order valence-electron chi connectivity index (χ3n) is 1.46. The van der Waals surface area contributed by atoms with Gasteiger partial charge in [-0.05, 0) is 31.9 Å². The van der Waals surface area contributed by atoms with Crippen LogP contribution in [-0.2, 0) is 4.57 Å². The predicted octanol–water partition coefficient (Wildman–Crippen LogP) is 2.49. The Labute approximate surface area is 82.7 Å². The first kappa shape index (κ1) is 11.2. The minimum atomic E-state index is -2.29. The summed E-state index contributed by atoms with van der Waals surface area (Å²) in [5.74, 6) is -0.599. The smallest absolute Gasteiger partial charge is 0.250 e. The molecule has 5 heteroatoms. The highest BCUT2D eigenvalue weighted by atomic mass is 31.2. The van der Waals surface area contributed by atoms with Gasteiger partial charge in [-0.15, -0.1) is 0 Å². The number of hydrogen-bond acceptors (Lipinski definition) is 3. The van der Waals surface area contributed by atoms with Crippen LogP contribution in [-0.4, -0.2) is 24.7 Å². The van der Waals surface area contributed by atoms with Gasteiger partial charge in [-0.2, -0.15) is 0 Å². The molecule has 0 amide bonds. The van der Waals surface area contributed by atoms with Crippen LogP contribution in [0.1, 0.15) is 5.56 Å². The van der Waals surface area contributed by atoms with Crippen molar-refractivity contribution in [2.45, 2.75) is 6.92 Å². The molecule has 0 atom stereocenters. The summed E-state index contributed by atoms with van der Waals surface area (Å²) in [5.41, 5.74) is 0.728. The van der Waals surface area contributed by atoms with Gasteiger partial charge in [-0.3, -0.25) is 0 Å². The Balaban J connectivity index is 2.73. The second-order valence-electron chi connectivity index (χ2n) is 3.65. The van der Waals surface area contributed by atoms with Crippen LogP contribution < -0.4 is 4.74 Å². The molecule has 0 spiro atoms. The van der Waals surface area contributed by atoms with E-state index in [0.29, 0.717) is 0 Å². The molecule has 0 unspecified atom stereocenters. The molecule has 0 saturated carbocycles. The van der Waals surface area contributed by atoms with Crippen molar-refractivity contribution in [2.75, 3.05) is 19.7 Å². The van der Waals surface area contributed by atoms with Crippen molar-refractivity contribution in [1.29, 1.82) is 0 Å². The first-order chi connectivity index (χ1) is 6.38. The molecule has 14 heavy (non-hydrogen) atoms. The zero-order chi connectivity index (χ0) is 10.8. The van der Waals surface area contributed by atoms with Gasteiger partial charge in [-0.1, -0.05) is 0 Å². The third-order valence-corrected chi connectivity index (χ3v) is 2.21. The van der Waals surface area contributed by atoms with E-state index >= 15 is 0 Å². The average molecular weight is 217 g/mol. The van der Waals surface area contributed by atoms with E-state index in [9.17, 15) is 8.96 Å². The maximum atomic E-state index is 13.1. The van der Waals surface area contributed by atoms with Crippen LogP contribution in [0.2, 0.25) is 0 Å². The molecule has 0 aliphatic heterocycles. The molecule has 78 valence electrons. The number of aryl methyl sites for hydroxylation is 1. The van der Waals surface area contributed by atoms with Crippen LogP contribution in [0.3, 0.4) is 0 Å². The minimum absolute atomic E-state index is 0.0139. The summed E-state index contributed by atoms with van der Waals surface area (Å²) in [6, 6.07) is 1.33. The van der Waals surface area contributed by atoms with E-state index in [2.05, 4.69) is 4.98 Å². The fraction of sp³-hybridized carbons (Fsp3) is 0.444. The fourth-order valence-electron chi connectivity index (χ4n) is 0.844. The van der Waals surface area contributed by atoms with E-state index in [1.807, 2.05) is 0 Å². The molecule has 1 aromatic rings. The van der Waals surface area contributed by atoms with Crippen molar-refractivity contribution in [1.82, 2.24) is 4.98 Å². The molecule has 0 aliphatic rings. The second kappa shape index (κ2) is 4.09. The van der Waals surface area contributed by atoms with Crippen LogP contribution in [0.25, 0.3) is 0 Å². The van der Waals surface area contributed by atoms with Gasteiger partial charge in [0.2, 0.25) is 0 Å². The zero-order valence-corrected chi connectivity index (χ0v) is 9.35. The van der Waals surface area contributed by atoms with Crippen molar-refractivity contribution in [2.24, 2.45) is 0 Å². The summed E-state index contributed by atoms with van der Waals surface area (Å²) >= 11 is 0. The van der Waals surface area contributed by atoms with Crippen molar-refractivity contribution in [3.63, 3.8) is 0 Å². The van der Waals surface area contributed by atoms with Crippen molar-refractivity contribution in [3.05, 3.63) is 23.6 Å². The zero-order valence-electron chi connectivity index (χ0n) is 8.45. The third kappa shape index (κ3) is 3.46. The summed E-state index contributed by atoms with van der Waals surface area (Å²) in [7, 11) is -2.29. The Bertz CT molecular complexity index is 375. The van der Waals surface area contributed by atoms with E-state index in [0.717, 1.165) is 5.56 Å². The van der Waals surface area contributed by atoms with Gasteiger partial charge in [-0.25, -0.2) is 9.37 Å². The van der Waals surface area contributed by atoms with Crippen LogP contribution in [0.15, 0.2) is 12.3 Å². The summed E-state index contributed by atoms with van der Waals surface area (Å²) < 4.78 is 29.4. The number of pyridine rings is 1. The topological polar surface area (TPSA) is 39.2 Å². The number of rotatable bonds is 3. The first-order valence-corrected chi connectivity index (χ1v) is 6.96. The first-order valence-electron chi connectivity index (χ1n) is 4.17.